The molecule has 3 aromatic rings. The third-order valence-electron chi connectivity index (χ3n) is 4.70. The topological polar surface area (TPSA) is 109 Å². The van der Waals surface area contributed by atoms with Crippen molar-refractivity contribution >= 4 is 82.3 Å². The maximum atomic E-state index is 12.9. The fourth-order valence-corrected chi connectivity index (χ4v) is 4.14. The van der Waals surface area contributed by atoms with Crippen LogP contribution in [0.4, 0.5) is 5.69 Å². The van der Waals surface area contributed by atoms with E-state index in [1.165, 1.54) is 20.8 Å². The van der Waals surface area contributed by atoms with Crippen LogP contribution in [0.15, 0.2) is 67.8 Å². The number of aliphatic carboxylic acids is 1. The standard InChI is InChI=1S/C22H17N2O3S.C2H4O2.Na/c1-13(2)14-8-9-18-17(10-14)20(25)15(12-27-18)11-19-21(26)24-22(28-19)23-16-6-4-3-5-7-16;1-2(3)4;/h4-13H,1-2H3,(H,23,24,26);1H3,(H,3,4);/b19-11+;;. The van der Waals surface area contributed by atoms with Crippen LogP contribution in [0.1, 0.15) is 37.8 Å². The number of aliphatic imine (C=N–C) groups is 1. The second-order valence-electron chi connectivity index (χ2n) is 7.77. The molecule has 0 atom stereocenters. The van der Waals surface area contributed by atoms with E-state index in [1.807, 2.05) is 42.5 Å². The number of benzene rings is 2. The number of amidine groups is 1. The molecule has 0 aliphatic carbocycles. The van der Waals surface area contributed by atoms with Crippen LogP contribution in [0, 0.1) is 0 Å². The number of carboxylic acids is 1. The quantitative estimate of drug-likeness (QED) is 0.440. The maximum absolute atomic E-state index is 12.9. The third-order valence-corrected chi connectivity index (χ3v) is 6.27. The molecule has 1 aliphatic rings. The van der Waals surface area contributed by atoms with Crippen LogP contribution in [0.3, 0.4) is 0 Å². The molecule has 0 saturated heterocycles. The van der Waals surface area contributed by atoms with Gasteiger partial charge in [-0.1, -0.05) is 19.9 Å². The molecular weight excluding hydrogens is 451 g/mol. The van der Waals surface area contributed by atoms with Gasteiger partial charge in [-0.25, -0.2) is 0 Å². The smallest absolute Gasteiger partial charge is 0.0438 e. The number of nitrogens with one attached hydrogen (secondary N) is 1. The Morgan fingerprint density at radius 1 is 1.18 bits per heavy atom. The fourth-order valence-electron chi connectivity index (χ4n) is 2.99. The second-order valence-corrected chi connectivity index (χ2v) is 9.96. The van der Waals surface area contributed by atoms with Gasteiger partial charge in [0, 0.05) is 6.92 Å². The van der Waals surface area contributed by atoms with Crippen LogP contribution in [0.25, 0.3) is 17.0 Å². The summed E-state index contributed by atoms with van der Waals surface area (Å²) < 4.78 is 6.91. The second kappa shape index (κ2) is 11.0. The van der Waals surface area contributed by atoms with Crippen molar-refractivity contribution in [2.75, 3.05) is 5.32 Å². The number of carboxylic acid groups (broad SMARTS) is 1. The van der Waals surface area contributed by atoms with Gasteiger partial charge in [0.15, 0.2) is 0 Å². The van der Waals surface area contributed by atoms with E-state index in [0.29, 0.717) is 32.5 Å². The van der Waals surface area contributed by atoms with Crippen molar-refractivity contribution in [2.24, 2.45) is 4.99 Å². The summed E-state index contributed by atoms with van der Waals surface area (Å²) in [5.74, 6) is -0.897. The number of rotatable bonds is 3. The first-order chi connectivity index (χ1) is 15.6. The average Bonchev–Trinajstić information content (AvgIpc) is 3.09. The third kappa shape index (κ3) is 6.68. The van der Waals surface area contributed by atoms with Gasteiger partial charge in [0.05, 0.1) is 0 Å². The molecule has 0 saturated carbocycles. The number of fused-ring (bicyclic) bond motifs is 1. The van der Waals surface area contributed by atoms with E-state index in [9.17, 15) is 9.59 Å². The first kappa shape index (κ1) is 25.0. The van der Waals surface area contributed by atoms with Crippen molar-refractivity contribution in [2.45, 2.75) is 26.7 Å². The summed E-state index contributed by atoms with van der Waals surface area (Å²) in [6, 6.07) is 13.6. The molecule has 2 heterocycles. The van der Waals surface area contributed by atoms with Crippen molar-refractivity contribution in [3.05, 3.63) is 75.0 Å². The Bertz CT molecular complexity index is 1320. The minimum atomic E-state index is -0.833. The van der Waals surface area contributed by atoms with Crippen molar-refractivity contribution in [3.63, 3.8) is 0 Å². The van der Waals surface area contributed by atoms with Crippen molar-refractivity contribution in [1.82, 2.24) is 0 Å². The van der Waals surface area contributed by atoms with Crippen LogP contribution in [-0.4, -0.2) is 50.1 Å². The molecule has 2 N–H and O–H groups in total. The molecule has 0 bridgehead atoms. The molecule has 4 rings (SSSR count). The number of amides is 1. The average molecular weight is 472 g/mol. The van der Waals surface area contributed by atoms with Gasteiger partial charge in [0.1, 0.15) is 5.58 Å². The van der Waals surface area contributed by atoms with E-state index < -0.39 is 5.97 Å². The number of nitrogens with zero attached hydrogens (tertiary/aromatic N) is 1. The Kier molecular flexibility index (Phi) is 8.31. The predicted molar refractivity (Wildman–Crippen MR) is 133 cm³/mol. The predicted octanol–water partition coefficient (Wildman–Crippen LogP) is 3.88. The minimum absolute atomic E-state index is 0.154. The molecule has 164 valence electrons. The summed E-state index contributed by atoms with van der Waals surface area (Å²) >= 11 is 2.20. The van der Waals surface area contributed by atoms with E-state index in [4.69, 9.17) is 14.3 Å². The van der Waals surface area contributed by atoms with Crippen LogP contribution in [0.2, 0.25) is 0 Å². The van der Waals surface area contributed by atoms with Gasteiger partial charge in [0.25, 0.3) is 5.97 Å². The molecule has 1 amide bonds. The number of carbonyl (C=O) groups is 2. The van der Waals surface area contributed by atoms with E-state index in [-0.39, 0.29) is 11.3 Å². The molecule has 7 nitrogen and oxygen atoms in total. The van der Waals surface area contributed by atoms with Gasteiger partial charge in [-0.2, -0.15) is 0 Å². The molecule has 1 aliphatic heterocycles. The summed E-state index contributed by atoms with van der Waals surface area (Å²) in [5.41, 5.74) is 2.66. The number of anilines is 1. The molecule has 0 radical (unpaired) electrons. The van der Waals surface area contributed by atoms with Crippen LogP contribution in [0.5, 0.6) is 0 Å². The van der Waals surface area contributed by atoms with E-state index in [2.05, 4.69) is 24.2 Å². The Hall–Kier alpha value is -2.65. The molecule has 1 aromatic heterocycles. The molecular formula is C24H21N2NaO5S. The Labute approximate surface area is 212 Å². The van der Waals surface area contributed by atoms with Crippen molar-refractivity contribution < 1.29 is 19.1 Å². The van der Waals surface area contributed by atoms with Gasteiger partial charge in [0.2, 0.25) is 0 Å². The van der Waals surface area contributed by atoms with Crippen LogP contribution >= 0.6 is 11.8 Å². The molecule has 9 heteroatoms. The summed E-state index contributed by atoms with van der Waals surface area (Å²) in [6.45, 7) is 5.23. The number of hydrogen-bond donors (Lipinski definition) is 2. The number of carbonyl (C=O) groups excluding carboxylic acids is 1. The number of hydrogen-bond acceptors (Lipinski definition) is 6. The summed E-state index contributed by atoms with van der Waals surface area (Å²) in [7, 11) is 0. The zero-order valence-electron chi connectivity index (χ0n) is 18.7. The minimum Gasteiger partial charge on any atom is -0.0438 e. The molecule has 33 heavy (non-hydrogen) atoms. The van der Waals surface area contributed by atoms with Gasteiger partial charge >= 0.3 is 141 Å². The zero-order valence-corrected chi connectivity index (χ0v) is 21.5. The normalized spacial score (nSPS) is 14.3. The summed E-state index contributed by atoms with van der Waals surface area (Å²) in [5, 5.41) is 11.6. The fraction of sp³-hybridized carbons (Fsp3) is 0.167. The Balaban J connectivity index is 0.000000709. The van der Waals surface area contributed by atoms with Crippen LogP contribution in [-0.2, 0) is 9.59 Å². The number of thioether (sulfide) groups is 1. The molecule has 0 spiro atoms. The Morgan fingerprint density at radius 3 is 2.48 bits per heavy atom. The van der Waals surface area contributed by atoms with Gasteiger partial charge in [-0.15, -0.1) is 0 Å². The monoisotopic (exact) mass is 472 g/mol. The molecule has 0 unspecified atom stereocenters. The zero-order chi connectivity index (χ0) is 24.1. The molecule has 0 fully saturated rings. The van der Waals surface area contributed by atoms with Crippen molar-refractivity contribution in [1.29, 1.82) is 0 Å². The van der Waals surface area contributed by atoms with E-state index >= 15 is 0 Å². The van der Waals surface area contributed by atoms with E-state index in [1.54, 1.807) is 6.08 Å². The van der Waals surface area contributed by atoms with Gasteiger partial charge in [-0.3, -0.25) is 4.79 Å². The molecule has 2 aromatic carbocycles. The van der Waals surface area contributed by atoms with E-state index in [0.717, 1.165) is 46.1 Å². The first-order valence-corrected chi connectivity index (χ1v) is 12.1. The van der Waals surface area contributed by atoms with Gasteiger partial charge in [-0.05, 0) is 23.6 Å². The summed E-state index contributed by atoms with van der Waals surface area (Å²) in [4.78, 5) is 38.7. The SMILES string of the molecule is CC(=O)O.CC(C)c1ccc2occ(/C=C3/SC(Nc4cc[c]([Na])cc4)=NC3=O)c(=O)c2c1. The summed E-state index contributed by atoms with van der Waals surface area (Å²) in [6.07, 6.45) is 2.95. The Morgan fingerprint density at radius 2 is 1.85 bits per heavy atom. The first-order valence-electron chi connectivity index (χ1n) is 10.3. The van der Waals surface area contributed by atoms with Crippen LogP contribution < -0.4 is 13.6 Å². The van der Waals surface area contributed by atoms with Gasteiger partial charge < -0.3 is 5.11 Å². The van der Waals surface area contributed by atoms with Crippen molar-refractivity contribution in [3.8, 4) is 0 Å².